The van der Waals surface area contributed by atoms with Gasteiger partial charge in [0.05, 0.1) is 5.56 Å². The highest BCUT2D eigenvalue weighted by atomic mass is 19.4. The molecule has 180 valence electrons. The highest BCUT2D eigenvalue weighted by molar-refractivity contribution is 5.96. The normalized spacial score (nSPS) is 18.1. The van der Waals surface area contributed by atoms with E-state index in [0.29, 0.717) is 29.6 Å². The van der Waals surface area contributed by atoms with E-state index >= 15 is 0 Å². The zero-order chi connectivity index (χ0) is 23.9. The zero-order valence-electron chi connectivity index (χ0n) is 18.6. The summed E-state index contributed by atoms with van der Waals surface area (Å²) >= 11 is 0. The average Bonchev–Trinajstić information content (AvgIpc) is 3.41. The Morgan fingerprint density at radius 1 is 0.971 bits per heavy atom. The largest absolute Gasteiger partial charge is 0.416 e. The molecule has 2 fully saturated rings. The van der Waals surface area contributed by atoms with Crippen LogP contribution in [0.25, 0.3) is 22.0 Å². The Labute approximate surface area is 194 Å². The molecule has 3 aromatic rings. The van der Waals surface area contributed by atoms with Crippen LogP contribution in [-0.2, 0) is 6.18 Å². The van der Waals surface area contributed by atoms with Crippen LogP contribution in [0.3, 0.4) is 0 Å². The third kappa shape index (κ3) is 4.49. The van der Waals surface area contributed by atoms with Crippen LogP contribution in [0.4, 0.5) is 22.4 Å². The van der Waals surface area contributed by atoms with Crippen molar-refractivity contribution in [2.24, 2.45) is 0 Å². The molecule has 2 aliphatic heterocycles. The number of amides is 2. The van der Waals surface area contributed by atoms with Gasteiger partial charge in [-0.3, -0.25) is 0 Å². The number of hydrogen-bond acceptors (Lipinski definition) is 2. The van der Waals surface area contributed by atoms with E-state index < -0.39 is 11.7 Å². The van der Waals surface area contributed by atoms with Crippen LogP contribution in [0.15, 0.2) is 48.7 Å². The minimum absolute atomic E-state index is 0.0137. The molecule has 2 aromatic carbocycles. The second kappa shape index (κ2) is 8.94. The molecule has 1 N–H and O–H groups in total. The number of fused-ring (bicyclic) bond motifs is 1. The number of urea groups is 1. The fraction of sp³-hybridized carbons (Fsp3) is 0.400. The molecule has 2 amide bonds. The van der Waals surface area contributed by atoms with Crippen molar-refractivity contribution in [3.8, 4) is 11.1 Å². The van der Waals surface area contributed by atoms with Gasteiger partial charge in [-0.2, -0.15) is 13.2 Å². The second-order valence-electron chi connectivity index (χ2n) is 8.98. The monoisotopic (exact) mass is 474 g/mol. The minimum Gasteiger partial charge on any atom is -0.344 e. The number of likely N-dealkylation sites (tertiary alicyclic amines) is 1. The summed E-state index contributed by atoms with van der Waals surface area (Å²) in [5.74, 6) is -0.387. The fourth-order valence-corrected chi connectivity index (χ4v) is 5.00. The van der Waals surface area contributed by atoms with E-state index in [4.69, 9.17) is 0 Å². The van der Waals surface area contributed by atoms with Crippen molar-refractivity contribution in [2.75, 3.05) is 39.3 Å². The molecule has 0 aliphatic carbocycles. The number of alkyl halides is 3. The smallest absolute Gasteiger partial charge is 0.344 e. The van der Waals surface area contributed by atoms with Crippen LogP contribution in [0, 0.1) is 5.82 Å². The zero-order valence-corrected chi connectivity index (χ0v) is 18.6. The van der Waals surface area contributed by atoms with Crippen LogP contribution in [0.5, 0.6) is 0 Å². The fourth-order valence-electron chi connectivity index (χ4n) is 5.00. The number of carbonyl (C=O) groups excluding carboxylic acids is 1. The lowest BCUT2D eigenvalue weighted by Crippen LogP contribution is -2.41. The predicted molar refractivity (Wildman–Crippen MR) is 122 cm³/mol. The molecular formula is C25H26F4N4O. The number of carbonyl (C=O) groups is 1. The van der Waals surface area contributed by atoms with E-state index in [1.165, 1.54) is 18.2 Å². The molecule has 9 heteroatoms. The molecule has 3 heterocycles. The highest BCUT2D eigenvalue weighted by Crippen LogP contribution is 2.39. The van der Waals surface area contributed by atoms with E-state index in [1.807, 2.05) is 11.1 Å². The van der Waals surface area contributed by atoms with Gasteiger partial charge in [-0.15, -0.1) is 0 Å². The Morgan fingerprint density at radius 2 is 1.71 bits per heavy atom. The third-order valence-corrected chi connectivity index (χ3v) is 6.90. The Hall–Kier alpha value is -3.07. The lowest BCUT2D eigenvalue weighted by molar-refractivity contribution is -0.137. The standard InChI is InChI=1S/C25H26F4N4O/c26-19-4-1-17(2-5-19)22-16-33(23-6-3-18(15-21(22)23)25(27,28)29)20-7-10-31(11-8-20)13-14-32-12-9-30-24(32)34/h1-6,15-16,20H,7-14H2,(H,30,34). The lowest BCUT2D eigenvalue weighted by Gasteiger charge is -2.33. The number of hydrogen-bond donors (Lipinski definition) is 1. The van der Waals surface area contributed by atoms with Gasteiger partial charge in [-0.1, -0.05) is 12.1 Å². The molecule has 0 unspecified atom stereocenters. The number of halogens is 4. The van der Waals surface area contributed by atoms with Crippen molar-refractivity contribution in [1.82, 2.24) is 19.7 Å². The van der Waals surface area contributed by atoms with Gasteiger partial charge in [0.1, 0.15) is 5.82 Å². The molecular weight excluding hydrogens is 448 g/mol. The Bertz CT molecular complexity index is 1180. The van der Waals surface area contributed by atoms with Gasteiger partial charge < -0.3 is 19.7 Å². The summed E-state index contributed by atoms with van der Waals surface area (Å²) in [6.45, 7) is 4.63. The van der Waals surface area contributed by atoms with Crippen LogP contribution >= 0.6 is 0 Å². The van der Waals surface area contributed by atoms with Crippen molar-refractivity contribution in [3.63, 3.8) is 0 Å². The molecule has 0 saturated carbocycles. The first kappa shape index (κ1) is 22.7. The molecule has 2 saturated heterocycles. The average molecular weight is 475 g/mol. The van der Waals surface area contributed by atoms with Crippen molar-refractivity contribution < 1.29 is 22.4 Å². The molecule has 0 atom stereocenters. The van der Waals surface area contributed by atoms with E-state index in [1.54, 1.807) is 18.2 Å². The molecule has 0 spiro atoms. The number of nitrogens with one attached hydrogen (secondary N) is 1. The van der Waals surface area contributed by atoms with Gasteiger partial charge in [0, 0.05) is 68.0 Å². The van der Waals surface area contributed by atoms with Crippen molar-refractivity contribution in [1.29, 1.82) is 0 Å². The third-order valence-electron chi connectivity index (χ3n) is 6.90. The first-order chi connectivity index (χ1) is 16.3. The molecule has 0 radical (unpaired) electrons. The van der Waals surface area contributed by atoms with E-state index in [-0.39, 0.29) is 17.9 Å². The van der Waals surface area contributed by atoms with Gasteiger partial charge in [-0.05, 0) is 48.7 Å². The summed E-state index contributed by atoms with van der Waals surface area (Å²) in [5.41, 5.74) is 1.41. The molecule has 34 heavy (non-hydrogen) atoms. The topological polar surface area (TPSA) is 40.5 Å². The number of nitrogens with zero attached hydrogens (tertiary/aromatic N) is 3. The molecule has 0 bridgehead atoms. The van der Waals surface area contributed by atoms with Gasteiger partial charge in [0.2, 0.25) is 0 Å². The molecule has 2 aliphatic rings. The molecule has 5 nitrogen and oxygen atoms in total. The van der Waals surface area contributed by atoms with Gasteiger partial charge >= 0.3 is 12.2 Å². The van der Waals surface area contributed by atoms with Crippen LogP contribution in [-0.4, -0.2) is 59.7 Å². The van der Waals surface area contributed by atoms with Gasteiger partial charge in [0.25, 0.3) is 0 Å². The first-order valence-corrected chi connectivity index (χ1v) is 11.5. The summed E-state index contributed by atoms with van der Waals surface area (Å²) < 4.78 is 55.8. The lowest BCUT2D eigenvalue weighted by atomic mass is 10.0. The number of piperidine rings is 1. The van der Waals surface area contributed by atoms with E-state index in [0.717, 1.165) is 50.6 Å². The number of aromatic nitrogens is 1. The minimum atomic E-state index is -4.44. The highest BCUT2D eigenvalue weighted by Gasteiger charge is 2.32. The second-order valence-corrected chi connectivity index (χ2v) is 8.98. The Balaban J connectivity index is 1.39. The SMILES string of the molecule is O=C1NCCN1CCN1CCC(n2cc(-c3ccc(F)cc3)c3cc(C(F)(F)F)ccc32)CC1. The van der Waals surface area contributed by atoms with Crippen molar-refractivity contribution in [2.45, 2.75) is 25.1 Å². The maximum atomic E-state index is 13.5. The van der Waals surface area contributed by atoms with E-state index in [2.05, 4.69) is 14.8 Å². The summed E-state index contributed by atoms with van der Waals surface area (Å²) in [6, 6.07) is 9.86. The van der Waals surface area contributed by atoms with Gasteiger partial charge in [0.15, 0.2) is 0 Å². The number of benzene rings is 2. The Kier molecular flexibility index (Phi) is 5.97. The van der Waals surface area contributed by atoms with Crippen molar-refractivity contribution in [3.05, 3.63) is 60.0 Å². The quantitative estimate of drug-likeness (QED) is 0.521. The van der Waals surface area contributed by atoms with Crippen LogP contribution in [0.2, 0.25) is 0 Å². The van der Waals surface area contributed by atoms with E-state index in [9.17, 15) is 22.4 Å². The predicted octanol–water partition coefficient (Wildman–Crippen LogP) is 5.13. The first-order valence-electron chi connectivity index (χ1n) is 11.5. The summed E-state index contributed by atoms with van der Waals surface area (Å²) in [6.07, 6.45) is -0.805. The molecule has 1 aromatic heterocycles. The maximum absolute atomic E-state index is 13.5. The summed E-state index contributed by atoms with van der Waals surface area (Å²) in [4.78, 5) is 15.9. The summed E-state index contributed by atoms with van der Waals surface area (Å²) in [5, 5.41) is 3.33. The molecule has 5 rings (SSSR count). The maximum Gasteiger partial charge on any atom is 0.416 e. The number of rotatable bonds is 5. The van der Waals surface area contributed by atoms with Crippen LogP contribution < -0.4 is 5.32 Å². The summed E-state index contributed by atoms with van der Waals surface area (Å²) in [7, 11) is 0. The van der Waals surface area contributed by atoms with Gasteiger partial charge in [-0.25, -0.2) is 9.18 Å². The van der Waals surface area contributed by atoms with Crippen molar-refractivity contribution >= 4 is 16.9 Å². The van der Waals surface area contributed by atoms with Crippen LogP contribution in [0.1, 0.15) is 24.4 Å². The Morgan fingerprint density at radius 3 is 2.35 bits per heavy atom.